The summed E-state index contributed by atoms with van der Waals surface area (Å²) < 4.78 is 34.2. The Balaban J connectivity index is 1.91. The zero-order valence-electron chi connectivity index (χ0n) is 14.0. The van der Waals surface area contributed by atoms with Gasteiger partial charge >= 0.3 is 0 Å². The van der Waals surface area contributed by atoms with Crippen LogP contribution in [0.5, 0.6) is 5.75 Å². The van der Waals surface area contributed by atoms with E-state index in [0.717, 1.165) is 11.3 Å². The maximum atomic E-state index is 12.0. The minimum absolute atomic E-state index is 0.0807. The van der Waals surface area contributed by atoms with E-state index in [1.54, 1.807) is 7.11 Å². The van der Waals surface area contributed by atoms with Gasteiger partial charge in [-0.25, -0.2) is 8.42 Å². The Labute approximate surface area is 151 Å². The van der Waals surface area contributed by atoms with Crippen LogP contribution >= 0.6 is 11.8 Å². The summed E-state index contributed by atoms with van der Waals surface area (Å²) >= 11 is 1.36. The molecule has 3 rings (SSSR count). The number of carbonyl (C=O) groups is 1. The van der Waals surface area contributed by atoms with Crippen molar-refractivity contribution in [1.82, 2.24) is 4.90 Å². The van der Waals surface area contributed by atoms with Gasteiger partial charge in [-0.05, 0) is 6.07 Å². The Hall–Kier alpha value is -1.58. The van der Waals surface area contributed by atoms with Crippen LogP contribution in [0.15, 0.2) is 29.3 Å². The number of nitrogens with zero attached hydrogens (tertiary/aromatic N) is 2. The van der Waals surface area contributed by atoms with Gasteiger partial charge in [-0.15, -0.1) is 0 Å². The molecule has 2 saturated heterocycles. The first-order valence-corrected chi connectivity index (χ1v) is 10.5. The number of sulfone groups is 1. The van der Waals surface area contributed by atoms with Crippen LogP contribution < -0.4 is 4.74 Å². The van der Waals surface area contributed by atoms with Crippen molar-refractivity contribution in [3.8, 4) is 5.75 Å². The topological polar surface area (TPSA) is 85.3 Å². The fourth-order valence-electron chi connectivity index (χ4n) is 3.10. The number of aliphatic imine (C=N–C) groups is 1. The van der Waals surface area contributed by atoms with E-state index in [-0.39, 0.29) is 35.3 Å². The van der Waals surface area contributed by atoms with Crippen LogP contribution in [-0.2, 0) is 25.9 Å². The molecule has 2 atom stereocenters. The minimum atomic E-state index is -3.07. The van der Waals surface area contributed by atoms with Crippen molar-refractivity contribution < 1.29 is 22.7 Å². The monoisotopic (exact) mass is 384 g/mol. The van der Waals surface area contributed by atoms with Crippen LogP contribution in [0.4, 0.5) is 0 Å². The summed E-state index contributed by atoms with van der Waals surface area (Å²) in [4.78, 5) is 17.9. The molecule has 1 amide bonds. The first kappa shape index (κ1) is 18.2. The van der Waals surface area contributed by atoms with Gasteiger partial charge in [0.05, 0.1) is 24.7 Å². The Morgan fingerprint density at radius 3 is 2.80 bits per heavy atom. The van der Waals surface area contributed by atoms with E-state index < -0.39 is 9.84 Å². The van der Waals surface area contributed by atoms with Gasteiger partial charge in [-0.3, -0.25) is 4.79 Å². The lowest BCUT2D eigenvalue weighted by molar-refractivity contribution is -0.121. The molecule has 2 fully saturated rings. The molecule has 1 aromatic carbocycles. The molecule has 0 N–H and O–H groups in total. The van der Waals surface area contributed by atoms with Crippen molar-refractivity contribution in [2.24, 2.45) is 4.99 Å². The first-order valence-electron chi connectivity index (χ1n) is 7.79. The Kier molecular flexibility index (Phi) is 5.35. The second kappa shape index (κ2) is 7.35. The number of fused-ring (bicyclic) bond motifs is 1. The van der Waals surface area contributed by atoms with Gasteiger partial charge in [-0.1, -0.05) is 30.0 Å². The molecule has 2 aliphatic rings. The van der Waals surface area contributed by atoms with Gasteiger partial charge < -0.3 is 14.4 Å². The van der Waals surface area contributed by atoms with Gasteiger partial charge in [0.15, 0.2) is 15.0 Å². The molecule has 0 aromatic heterocycles. The van der Waals surface area contributed by atoms with E-state index in [2.05, 4.69) is 4.99 Å². The van der Waals surface area contributed by atoms with Crippen LogP contribution in [0.2, 0.25) is 0 Å². The standard InChI is InChI=1S/C16H20N2O5S2/c1-22-8-15(19)17-16-18(7-11-5-3-4-6-13(11)23-2)12-9-25(20,21)10-14(12)24-16/h3-6,12,14H,7-10H2,1-2H3/t12-,14+/m0/s1. The predicted octanol–water partition coefficient (Wildman–Crippen LogP) is 0.939. The summed E-state index contributed by atoms with van der Waals surface area (Å²) in [6.45, 7) is 0.340. The van der Waals surface area contributed by atoms with E-state index in [0.29, 0.717) is 11.7 Å². The molecule has 0 spiro atoms. The molecular formula is C16H20N2O5S2. The fourth-order valence-corrected chi connectivity index (χ4v) is 7.07. The van der Waals surface area contributed by atoms with Crippen molar-refractivity contribution in [2.75, 3.05) is 32.3 Å². The van der Waals surface area contributed by atoms with Gasteiger partial charge in [-0.2, -0.15) is 4.99 Å². The highest BCUT2D eigenvalue weighted by atomic mass is 32.2. The van der Waals surface area contributed by atoms with Crippen LogP contribution in [0.3, 0.4) is 0 Å². The Bertz CT molecular complexity index is 793. The average molecular weight is 384 g/mol. The smallest absolute Gasteiger partial charge is 0.274 e. The SMILES string of the molecule is COCC(=O)N=C1S[C@@H]2CS(=O)(=O)C[C@@H]2N1Cc1ccccc1OC. The lowest BCUT2D eigenvalue weighted by atomic mass is 10.1. The summed E-state index contributed by atoms with van der Waals surface area (Å²) in [6.07, 6.45) is 0. The third-order valence-electron chi connectivity index (χ3n) is 4.20. The van der Waals surface area contributed by atoms with Crippen molar-refractivity contribution in [3.63, 3.8) is 0 Å². The minimum Gasteiger partial charge on any atom is -0.496 e. The number of rotatable bonds is 5. The van der Waals surface area contributed by atoms with E-state index >= 15 is 0 Å². The molecule has 0 unspecified atom stereocenters. The van der Waals surface area contributed by atoms with Gasteiger partial charge in [0, 0.05) is 24.5 Å². The number of thioether (sulfide) groups is 1. The van der Waals surface area contributed by atoms with Crippen LogP contribution in [0.1, 0.15) is 5.56 Å². The number of amides is 1. The Morgan fingerprint density at radius 1 is 1.32 bits per heavy atom. The van der Waals surface area contributed by atoms with E-state index in [4.69, 9.17) is 9.47 Å². The van der Waals surface area contributed by atoms with E-state index in [1.807, 2.05) is 29.2 Å². The molecule has 0 radical (unpaired) electrons. The quantitative estimate of drug-likeness (QED) is 0.747. The lowest BCUT2D eigenvalue weighted by Crippen LogP contribution is -2.37. The number of carbonyl (C=O) groups excluding carboxylic acids is 1. The van der Waals surface area contributed by atoms with Crippen LogP contribution in [0, 0.1) is 0 Å². The second-order valence-electron chi connectivity index (χ2n) is 5.96. The average Bonchev–Trinajstić information content (AvgIpc) is 3.01. The molecule has 1 aromatic rings. The number of ether oxygens (including phenoxy) is 2. The number of hydrogen-bond acceptors (Lipinski definition) is 6. The maximum absolute atomic E-state index is 12.0. The zero-order valence-corrected chi connectivity index (χ0v) is 15.7. The molecule has 0 aliphatic carbocycles. The molecule has 7 nitrogen and oxygen atoms in total. The van der Waals surface area contributed by atoms with Crippen molar-refractivity contribution >= 4 is 32.7 Å². The summed E-state index contributed by atoms with van der Waals surface area (Å²) in [7, 11) is -0.0338. The molecule has 0 bridgehead atoms. The molecular weight excluding hydrogens is 364 g/mol. The summed E-state index contributed by atoms with van der Waals surface area (Å²) in [5, 5.41) is 0.451. The number of benzene rings is 1. The third-order valence-corrected chi connectivity index (χ3v) is 7.44. The Morgan fingerprint density at radius 2 is 2.08 bits per heavy atom. The molecule has 9 heteroatoms. The number of hydrogen-bond donors (Lipinski definition) is 0. The van der Waals surface area contributed by atoms with Crippen LogP contribution in [-0.4, -0.2) is 68.0 Å². The first-order chi connectivity index (χ1) is 11.9. The number of methoxy groups -OCH3 is 2. The second-order valence-corrected chi connectivity index (χ2v) is 9.32. The highest BCUT2D eigenvalue weighted by Gasteiger charge is 2.48. The summed E-state index contributed by atoms with van der Waals surface area (Å²) in [6, 6.07) is 7.37. The molecule has 136 valence electrons. The van der Waals surface area contributed by atoms with Gasteiger partial charge in [0.2, 0.25) is 0 Å². The largest absolute Gasteiger partial charge is 0.496 e. The third kappa shape index (κ3) is 3.99. The van der Waals surface area contributed by atoms with E-state index in [9.17, 15) is 13.2 Å². The molecule has 25 heavy (non-hydrogen) atoms. The normalized spacial score (nSPS) is 26.0. The molecule has 0 saturated carbocycles. The van der Waals surface area contributed by atoms with Gasteiger partial charge in [0.1, 0.15) is 12.4 Å². The van der Waals surface area contributed by atoms with Crippen molar-refractivity contribution in [3.05, 3.63) is 29.8 Å². The van der Waals surface area contributed by atoms with Gasteiger partial charge in [0.25, 0.3) is 5.91 Å². The molecule has 2 heterocycles. The zero-order chi connectivity index (χ0) is 18.0. The maximum Gasteiger partial charge on any atom is 0.274 e. The van der Waals surface area contributed by atoms with Crippen LogP contribution in [0.25, 0.3) is 0 Å². The van der Waals surface area contributed by atoms with E-state index in [1.165, 1.54) is 18.9 Å². The highest BCUT2D eigenvalue weighted by Crippen LogP contribution is 2.39. The van der Waals surface area contributed by atoms with Crippen molar-refractivity contribution in [2.45, 2.75) is 17.8 Å². The lowest BCUT2D eigenvalue weighted by Gasteiger charge is -2.25. The van der Waals surface area contributed by atoms with Crippen molar-refractivity contribution in [1.29, 1.82) is 0 Å². The fraction of sp³-hybridized carbons (Fsp3) is 0.500. The summed E-state index contributed by atoms with van der Waals surface area (Å²) in [5.74, 6) is 0.539. The molecule has 2 aliphatic heterocycles. The number of amidine groups is 1. The predicted molar refractivity (Wildman–Crippen MR) is 96.7 cm³/mol. The summed E-state index contributed by atoms with van der Waals surface area (Å²) in [5.41, 5.74) is 0.919. The number of para-hydroxylation sites is 1. The highest BCUT2D eigenvalue weighted by molar-refractivity contribution is 8.15.